The number of nitrogens with zero attached hydrogens (tertiary/aromatic N) is 2. The number of rotatable bonds is 4. The number of nitrogens with one attached hydrogen (secondary N) is 1. The van der Waals surface area contributed by atoms with Crippen LogP contribution in [0.4, 0.5) is 5.69 Å². The van der Waals surface area contributed by atoms with Gasteiger partial charge in [0, 0.05) is 38.2 Å². The molecule has 7 heteroatoms. The van der Waals surface area contributed by atoms with E-state index in [1.54, 1.807) is 18.2 Å². The Labute approximate surface area is 201 Å². The topological polar surface area (TPSA) is 54.3 Å². The predicted molar refractivity (Wildman–Crippen MR) is 133 cm³/mol. The zero-order valence-electron chi connectivity index (χ0n) is 16.8. The number of hydrazine groups is 1. The molecule has 0 aliphatic carbocycles. The van der Waals surface area contributed by atoms with Crippen LogP contribution in [0.3, 0.4) is 0 Å². The first-order valence-electron chi connectivity index (χ1n) is 9.95. The van der Waals surface area contributed by atoms with Crippen molar-refractivity contribution < 1.29 is 9.59 Å². The van der Waals surface area contributed by atoms with E-state index in [1.807, 2.05) is 60.8 Å². The number of para-hydroxylation sites is 2. The molecule has 0 radical (unpaired) electrons. The summed E-state index contributed by atoms with van der Waals surface area (Å²) < 4.78 is 4.14. The second-order valence-electron chi connectivity index (χ2n) is 7.44. The fourth-order valence-corrected chi connectivity index (χ4v) is 5.00. The van der Waals surface area contributed by atoms with Crippen molar-refractivity contribution in [3.8, 4) is 0 Å². The lowest BCUT2D eigenvalue weighted by molar-refractivity contribution is -0.117. The molecule has 0 saturated carbocycles. The summed E-state index contributed by atoms with van der Waals surface area (Å²) in [4.78, 5) is 25.6. The van der Waals surface area contributed by atoms with Crippen LogP contribution in [0.25, 0.3) is 17.0 Å². The van der Waals surface area contributed by atoms with Crippen molar-refractivity contribution in [2.75, 3.05) is 5.01 Å². The number of anilines is 1. The number of carbonyl (C=O) groups excluding carboxylic acids is 2. The van der Waals surface area contributed by atoms with Crippen LogP contribution in [0.1, 0.15) is 11.1 Å². The first-order valence-corrected chi connectivity index (χ1v) is 11.5. The average molecular weight is 551 g/mol. The largest absolute Gasteiger partial charge is 0.342 e. The average Bonchev–Trinajstić information content (AvgIpc) is 3.29. The molecule has 1 aliphatic heterocycles. The zero-order valence-corrected chi connectivity index (χ0v) is 19.9. The fourth-order valence-electron chi connectivity index (χ4n) is 3.83. The highest BCUT2D eigenvalue weighted by Gasteiger charge is 2.34. The molecule has 32 heavy (non-hydrogen) atoms. The summed E-state index contributed by atoms with van der Waals surface area (Å²) in [5.41, 5.74) is 6.36. The van der Waals surface area contributed by atoms with Gasteiger partial charge >= 0.3 is 0 Å². The second kappa shape index (κ2) is 8.41. The normalized spacial score (nSPS) is 15.1. The number of benzene rings is 3. The highest BCUT2D eigenvalue weighted by Crippen LogP contribution is 2.29. The highest BCUT2D eigenvalue weighted by molar-refractivity contribution is 9.11. The molecule has 5 rings (SSSR count). The van der Waals surface area contributed by atoms with E-state index >= 15 is 0 Å². The van der Waals surface area contributed by atoms with Gasteiger partial charge in [0.1, 0.15) is 5.57 Å². The number of halogens is 2. The van der Waals surface area contributed by atoms with Crippen LogP contribution in [-0.4, -0.2) is 16.4 Å². The van der Waals surface area contributed by atoms with Crippen LogP contribution in [0.15, 0.2) is 93.5 Å². The molecule has 158 valence electrons. The molecule has 2 heterocycles. The van der Waals surface area contributed by atoms with Crippen LogP contribution in [-0.2, 0) is 16.1 Å². The summed E-state index contributed by atoms with van der Waals surface area (Å²) >= 11 is 7.12. The SMILES string of the molecule is O=C1NN(c2ccccc2)C(=O)/C1=C\c1cn(Cc2ccc(Br)cc2Br)c2ccccc12. The Morgan fingerprint density at radius 1 is 0.906 bits per heavy atom. The van der Waals surface area contributed by atoms with Gasteiger partial charge in [-0.15, -0.1) is 0 Å². The zero-order chi connectivity index (χ0) is 22.2. The van der Waals surface area contributed by atoms with Gasteiger partial charge in [0.05, 0.1) is 5.69 Å². The van der Waals surface area contributed by atoms with Crippen molar-refractivity contribution >= 4 is 66.3 Å². The Bertz CT molecular complexity index is 1390. The van der Waals surface area contributed by atoms with Gasteiger partial charge in [-0.25, -0.2) is 5.01 Å². The summed E-state index contributed by atoms with van der Waals surface area (Å²) in [6.07, 6.45) is 3.66. The number of carbonyl (C=O) groups is 2. The molecule has 5 nitrogen and oxygen atoms in total. The van der Waals surface area contributed by atoms with Gasteiger partial charge in [0.25, 0.3) is 11.8 Å². The first kappa shape index (κ1) is 20.7. The van der Waals surface area contributed by atoms with Crippen LogP contribution in [0.2, 0.25) is 0 Å². The maximum Gasteiger partial charge on any atom is 0.282 e. The third-order valence-corrected chi connectivity index (χ3v) is 6.61. The third-order valence-electron chi connectivity index (χ3n) is 5.38. The van der Waals surface area contributed by atoms with Crippen LogP contribution < -0.4 is 10.4 Å². The van der Waals surface area contributed by atoms with Gasteiger partial charge in [-0.1, -0.05) is 74.3 Å². The quantitative estimate of drug-likeness (QED) is 0.263. The Kier molecular flexibility index (Phi) is 5.45. The third kappa shape index (κ3) is 3.78. The molecule has 1 aliphatic rings. The van der Waals surface area contributed by atoms with Crippen molar-refractivity contribution in [3.63, 3.8) is 0 Å². The monoisotopic (exact) mass is 549 g/mol. The molecule has 1 aromatic heterocycles. The van der Waals surface area contributed by atoms with Crippen LogP contribution in [0, 0.1) is 0 Å². The smallest absolute Gasteiger partial charge is 0.282 e. The van der Waals surface area contributed by atoms with Crippen molar-refractivity contribution in [1.82, 2.24) is 9.99 Å². The van der Waals surface area contributed by atoms with Gasteiger partial charge in [0.2, 0.25) is 0 Å². The lowest BCUT2D eigenvalue weighted by atomic mass is 10.1. The molecule has 2 amide bonds. The molecular formula is C25H17Br2N3O2. The van der Waals surface area contributed by atoms with Crippen LogP contribution in [0.5, 0.6) is 0 Å². The second-order valence-corrected chi connectivity index (χ2v) is 9.21. The van der Waals surface area contributed by atoms with E-state index in [0.29, 0.717) is 12.2 Å². The molecule has 1 fully saturated rings. The minimum Gasteiger partial charge on any atom is -0.342 e. The van der Waals surface area contributed by atoms with Gasteiger partial charge in [-0.2, -0.15) is 0 Å². The number of fused-ring (bicyclic) bond motifs is 1. The number of amides is 2. The van der Waals surface area contributed by atoms with Gasteiger partial charge in [-0.3, -0.25) is 15.0 Å². The maximum absolute atomic E-state index is 13.0. The first-order chi connectivity index (χ1) is 15.5. The van der Waals surface area contributed by atoms with E-state index in [9.17, 15) is 9.59 Å². The number of hydrogen-bond donors (Lipinski definition) is 1. The summed E-state index contributed by atoms with van der Waals surface area (Å²) in [6, 6.07) is 23.1. The molecule has 1 N–H and O–H groups in total. The molecular weight excluding hydrogens is 534 g/mol. The predicted octanol–water partition coefficient (Wildman–Crippen LogP) is 5.68. The summed E-state index contributed by atoms with van der Waals surface area (Å²) in [5.74, 6) is -0.778. The van der Waals surface area contributed by atoms with Crippen molar-refractivity contribution in [2.45, 2.75) is 6.54 Å². The molecule has 1 saturated heterocycles. The Balaban J connectivity index is 1.54. The van der Waals surface area contributed by atoms with E-state index in [2.05, 4.69) is 47.9 Å². The number of aromatic nitrogens is 1. The fraction of sp³-hybridized carbons (Fsp3) is 0.0400. The minimum absolute atomic E-state index is 0.113. The summed E-state index contributed by atoms with van der Waals surface area (Å²) in [5, 5.41) is 2.26. The molecule has 0 atom stereocenters. The van der Waals surface area contributed by atoms with E-state index in [-0.39, 0.29) is 11.5 Å². The van der Waals surface area contributed by atoms with Gasteiger partial charge < -0.3 is 4.57 Å². The van der Waals surface area contributed by atoms with Crippen molar-refractivity contribution in [1.29, 1.82) is 0 Å². The molecule has 0 unspecified atom stereocenters. The number of hydrogen-bond acceptors (Lipinski definition) is 2. The van der Waals surface area contributed by atoms with E-state index < -0.39 is 5.91 Å². The lowest BCUT2D eigenvalue weighted by Gasteiger charge is -2.13. The molecule has 4 aromatic rings. The van der Waals surface area contributed by atoms with Crippen molar-refractivity contribution in [2.24, 2.45) is 0 Å². The standard InChI is InChI=1S/C25H17Br2N3O2/c26-18-11-10-16(22(27)13-18)14-29-15-17(20-8-4-5-9-23(20)29)12-21-24(31)28-30(25(21)32)19-6-2-1-3-7-19/h1-13,15H,14H2,(H,28,31)/b21-12-. The summed E-state index contributed by atoms with van der Waals surface area (Å²) in [6.45, 7) is 0.647. The van der Waals surface area contributed by atoms with Crippen LogP contribution >= 0.6 is 31.9 Å². The molecule has 0 bridgehead atoms. The maximum atomic E-state index is 13.0. The molecule has 0 spiro atoms. The Morgan fingerprint density at radius 2 is 1.66 bits per heavy atom. The van der Waals surface area contributed by atoms with Crippen molar-refractivity contribution in [3.05, 3.63) is 105 Å². The lowest BCUT2D eigenvalue weighted by Crippen LogP contribution is -2.35. The summed E-state index contributed by atoms with van der Waals surface area (Å²) in [7, 11) is 0. The van der Waals surface area contributed by atoms with E-state index in [1.165, 1.54) is 5.01 Å². The minimum atomic E-state index is -0.411. The Hall–Kier alpha value is -3.16. The Morgan fingerprint density at radius 3 is 2.44 bits per heavy atom. The van der Waals surface area contributed by atoms with Gasteiger partial charge in [0.15, 0.2) is 0 Å². The van der Waals surface area contributed by atoms with E-state index in [0.717, 1.165) is 31.0 Å². The van der Waals surface area contributed by atoms with E-state index in [4.69, 9.17) is 0 Å². The highest BCUT2D eigenvalue weighted by atomic mass is 79.9. The molecule has 3 aromatic carbocycles. The van der Waals surface area contributed by atoms with Gasteiger partial charge in [-0.05, 0) is 42.0 Å².